The second kappa shape index (κ2) is 6.06. The number of anilines is 1. The monoisotopic (exact) mass is 232 g/mol. The first-order valence-corrected chi connectivity index (χ1v) is 6.83. The minimum absolute atomic E-state index is 0.632. The number of benzene rings is 1. The Morgan fingerprint density at radius 2 is 1.76 bits per heavy atom. The number of rotatable bonds is 3. The SMILES string of the molecule is CN(c1ccccc1CN)C1CCCCCC1. The van der Waals surface area contributed by atoms with Crippen molar-refractivity contribution in [1.29, 1.82) is 0 Å². The Morgan fingerprint density at radius 1 is 1.12 bits per heavy atom. The Kier molecular flexibility index (Phi) is 4.43. The van der Waals surface area contributed by atoms with E-state index in [-0.39, 0.29) is 0 Å². The fourth-order valence-corrected chi connectivity index (χ4v) is 2.87. The van der Waals surface area contributed by atoms with Gasteiger partial charge >= 0.3 is 0 Å². The quantitative estimate of drug-likeness (QED) is 0.810. The fourth-order valence-electron chi connectivity index (χ4n) is 2.87. The van der Waals surface area contributed by atoms with Crippen LogP contribution in [0.3, 0.4) is 0 Å². The summed E-state index contributed by atoms with van der Waals surface area (Å²) in [4.78, 5) is 2.45. The van der Waals surface area contributed by atoms with Gasteiger partial charge in [-0.05, 0) is 24.5 Å². The van der Waals surface area contributed by atoms with Gasteiger partial charge in [-0.2, -0.15) is 0 Å². The van der Waals surface area contributed by atoms with E-state index in [0.29, 0.717) is 12.6 Å². The molecule has 2 rings (SSSR count). The maximum Gasteiger partial charge on any atom is 0.0411 e. The fraction of sp³-hybridized carbons (Fsp3) is 0.600. The summed E-state index contributed by atoms with van der Waals surface area (Å²) in [5.41, 5.74) is 8.41. The minimum atomic E-state index is 0.632. The molecule has 0 heterocycles. The van der Waals surface area contributed by atoms with E-state index in [1.54, 1.807) is 0 Å². The highest BCUT2D eigenvalue weighted by atomic mass is 15.1. The summed E-state index contributed by atoms with van der Waals surface area (Å²) >= 11 is 0. The molecular formula is C15H24N2. The summed E-state index contributed by atoms with van der Waals surface area (Å²) < 4.78 is 0. The van der Waals surface area contributed by atoms with Gasteiger partial charge in [0.25, 0.3) is 0 Å². The van der Waals surface area contributed by atoms with Gasteiger partial charge in [0, 0.05) is 25.3 Å². The van der Waals surface area contributed by atoms with Gasteiger partial charge in [-0.1, -0.05) is 43.9 Å². The predicted molar refractivity (Wildman–Crippen MR) is 74.2 cm³/mol. The van der Waals surface area contributed by atoms with Crippen molar-refractivity contribution in [1.82, 2.24) is 0 Å². The Hall–Kier alpha value is -1.02. The number of hydrogen-bond acceptors (Lipinski definition) is 2. The number of nitrogens with zero attached hydrogens (tertiary/aromatic N) is 1. The van der Waals surface area contributed by atoms with Crippen molar-refractivity contribution in [3.8, 4) is 0 Å². The molecule has 94 valence electrons. The number of hydrogen-bond donors (Lipinski definition) is 1. The molecule has 17 heavy (non-hydrogen) atoms. The lowest BCUT2D eigenvalue weighted by Crippen LogP contribution is -2.32. The third kappa shape index (κ3) is 3.01. The van der Waals surface area contributed by atoms with Gasteiger partial charge in [-0.15, -0.1) is 0 Å². The summed E-state index contributed by atoms with van der Waals surface area (Å²) in [6.07, 6.45) is 8.22. The Balaban J connectivity index is 2.14. The van der Waals surface area contributed by atoms with Gasteiger partial charge in [0.1, 0.15) is 0 Å². The van der Waals surface area contributed by atoms with E-state index in [2.05, 4.69) is 36.2 Å². The summed E-state index contributed by atoms with van der Waals surface area (Å²) in [5.74, 6) is 0. The van der Waals surface area contributed by atoms with Crippen LogP contribution in [0, 0.1) is 0 Å². The Bertz CT molecular complexity index is 341. The van der Waals surface area contributed by atoms with E-state index in [9.17, 15) is 0 Å². The zero-order valence-corrected chi connectivity index (χ0v) is 10.9. The molecule has 1 aromatic carbocycles. The van der Waals surface area contributed by atoms with Crippen molar-refractivity contribution in [2.24, 2.45) is 5.73 Å². The minimum Gasteiger partial charge on any atom is -0.371 e. The van der Waals surface area contributed by atoms with Crippen LogP contribution in [0.2, 0.25) is 0 Å². The van der Waals surface area contributed by atoms with E-state index < -0.39 is 0 Å². The molecule has 2 heteroatoms. The van der Waals surface area contributed by atoms with Crippen LogP contribution in [-0.4, -0.2) is 13.1 Å². The number of nitrogens with two attached hydrogens (primary N) is 1. The van der Waals surface area contributed by atoms with Gasteiger partial charge in [-0.3, -0.25) is 0 Å². The highest BCUT2D eigenvalue weighted by Gasteiger charge is 2.18. The van der Waals surface area contributed by atoms with Crippen LogP contribution < -0.4 is 10.6 Å². The van der Waals surface area contributed by atoms with Gasteiger partial charge in [-0.25, -0.2) is 0 Å². The average Bonchev–Trinajstić information content (AvgIpc) is 2.66. The van der Waals surface area contributed by atoms with E-state index in [1.165, 1.54) is 49.8 Å². The molecule has 0 amide bonds. The molecule has 0 bridgehead atoms. The van der Waals surface area contributed by atoms with Crippen LogP contribution in [0.15, 0.2) is 24.3 Å². The second-order valence-electron chi connectivity index (χ2n) is 5.09. The smallest absolute Gasteiger partial charge is 0.0411 e. The standard InChI is InChI=1S/C15H24N2/c1-17(14-9-4-2-3-5-10-14)15-11-7-6-8-13(15)12-16/h6-8,11,14H,2-5,9-10,12,16H2,1H3. The summed E-state index contributed by atoms with van der Waals surface area (Å²) in [6, 6.07) is 9.23. The highest BCUT2D eigenvalue weighted by Crippen LogP contribution is 2.27. The third-order valence-corrected chi connectivity index (χ3v) is 3.96. The molecule has 0 unspecified atom stereocenters. The van der Waals surface area contributed by atoms with E-state index in [1.807, 2.05) is 0 Å². The molecule has 0 spiro atoms. The average molecular weight is 232 g/mol. The molecule has 1 aliphatic rings. The molecule has 0 atom stereocenters. The first-order chi connectivity index (χ1) is 8.33. The van der Waals surface area contributed by atoms with Crippen molar-refractivity contribution in [2.45, 2.75) is 51.1 Å². The highest BCUT2D eigenvalue weighted by molar-refractivity contribution is 5.53. The van der Waals surface area contributed by atoms with Crippen molar-refractivity contribution in [2.75, 3.05) is 11.9 Å². The Morgan fingerprint density at radius 3 is 2.41 bits per heavy atom. The second-order valence-corrected chi connectivity index (χ2v) is 5.09. The molecule has 1 fully saturated rings. The third-order valence-electron chi connectivity index (χ3n) is 3.96. The van der Waals surface area contributed by atoms with Crippen molar-refractivity contribution in [3.05, 3.63) is 29.8 Å². The predicted octanol–water partition coefficient (Wildman–Crippen LogP) is 3.30. The lowest BCUT2D eigenvalue weighted by Gasteiger charge is -2.31. The van der Waals surface area contributed by atoms with Crippen LogP contribution in [0.5, 0.6) is 0 Å². The van der Waals surface area contributed by atoms with Gasteiger partial charge < -0.3 is 10.6 Å². The first-order valence-electron chi connectivity index (χ1n) is 6.83. The maximum atomic E-state index is 5.82. The molecule has 0 radical (unpaired) electrons. The zero-order valence-electron chi connectivity index (χ0n) is 10.9. The van der Waals surface area contributed by atoms with Crippen LogP contribution in [0.25, 0.3) is 0 Å². The topological polar surface area (TPSA) is 29.3 Å². The largest absolute Gasteiger partial charge is 0.371 e. The first kappa shape index (κ1) is 12.4. The summed E-state index contributed by atoms with van der Waals surface area (Å²) in [6.45, 7) is 0.632. The van der Waals surface area contributed by atoms with Crippen LogP contribution in [0.1, 0.15) is 44.1 Å². The molecule has 1 aliphatic carbocycles. The molecule has 0 saturated heterocycles. The van der Waals surface area contributed by atoms with Crippen LogP contribution >= 0.6 is 0 Å². The number of para-hydroxylation sites is 1. The molecule has 1 aromatic rings. The van der Waals surface area contributed by atoms with Crippen molar-refractivity contribution >= 4 is 5.69 Å². The summed E-state index contributed by atoms with van der Waals surface area (Å²) in [5, 5.41) is 0. The van der Waals surface area contributed by atoms with E-state index >= 15 is 0 Å². The van der Waals surface area contributed by atoms with Crippen LogP contribution in [-0.2, 0) is 6.54 Å². The zero-order chi connectivity index (χ0) is 12.1. The van der Waals surface area contributed by atoms with Crippen molar-refractivity contribution in [3.63, 3.8) is 0 Å². The van der Waals surface area contributed by atoms with E-state index in [4.69, 9.17) is 5.73 Å². The normalized spacial score (nSPS) is 17.8. The molecule has 0 aliphatic heterocycles. The molecule has 1 saturated carbocycles. The summed E-state index contributed by atoms with van der Waals surface area (Å²) in [7, 11) is 2.23. The molecule has 2 N–H and O–H groups in total. The van der Waals surface area contributed by atoms with Gasteiger partial charge in [0.15, 0.2) is 0 Å². The molecular weight excluding hydrogens is 208 g/mol. The lowest BCUT2D eigenvalue weighted by atomic mass is 10.0. The van der Waals surface area contributed by atoms with Crippen LogP contribution in [0.4, 0.5) is 5.69 Å². The maximum absolute atomic E-state index is 5.82. The molecule has 2 nitrogen and oxygen atoms in total. The van der Waals surface area contributed by atoms with E-state index in [0.717, 1.165) is 0 Å². The Labute approximate surface area is 105 Å². The van der Waals surface area contributed by atoms with Crippen molar-refractivity contribution < 1.29 is 0 Å². The van der Waals surface area contributed by atoms with Gasteiger partial charge in [0.05, 0.1) is 0 Å². The molecule has 0 aromatic heterocycles. The lowest BCUT2D eigenvalue weighted by molar-refractivity contribution is 0.552. The van der Waals surface area contributed by atoms with Gasteiger partial charge in [0.2, 0.25) is 0 Å².